The first kappa shape index (κ1) is 17.8. The molecule has 0 spiro atoms. The van der Waals surface area contributed by atoms with Crippen LogP contribution < -0.4 is 0 Å². The molecular weight excluding hydrogens is 339 g/mol. The maximum Gasteiger partial charge on any atom is 0.189 e. The van der Waals surface area contributed by atoms with Crippen molar-refractivity contribution in [2.75, 3.05) is 0 Å². The van der Waals surface area contributed by atoms with Crippen LogP contribution in [0.5, 0.6) is 0 Å². The lowest BCUT2D eigenvalue weighted by molar-refractivity contribution is 0.166. The summed E-state index contributed by atoms with van der Waals surface area (Å²) in [5.41, 5.74) is 2.48. The summed E-state index contributed by atoms with van der Waals surface area (Å²) in [5, 5.41) is 0.207. The highest BCUT2D eigenvalue weighted by Crippen LogP contribution is 2.63. The molecular formula is C15H23O2PS3. The molecule has 2 nitrogen and oxygen atoms in total. The van der Waals surface area contributed by atoms with Crippen molar-refractivity contribution < 1.29 is 9.42 Å². The Balaban J connectivity index is 2.29. The molecule has 1 unspecified atom stereocenters. The third kappa shape index (κ3) is 4.07. The van der Waals surface area contributed by atoms with Crippen molar-refractivity contribution in [2.45, 2.75) is 56.4 Å². The monoisotopic (exact) mass is 362 g/mol. The van der Waals surface area contributed by atoms with Gasteiger partial charge in [-0.15, -0.1) is 0 Å². The number of aryl methyl sites for hydroxylation is 1. The van der Waals surface area contributed by atoms with E-state index in [2.05, 4.69) is 45.0 Å². The van der Waals surface area contributed by atoms with E-state index in [1.807, 2.05) is 35.4 Å². The second kappa shape index (κ2) is 6.54. The van der Waals surface area contributed by atoms with Crippen LogP contribution in [-0.4, -0.2) is 21.4 Å². The molecule has 0 radical (unpaired) electrons. The molecule has 3 atom stereocenters. The van der Waals surface area contributed by atoms with Crippen molar-refractivity contribution in [3.63, 3.8) is 0 Å². The van der Waals surface area contributed by atoms with Gasteiger partial charge < -0.3 is 9.42 Å². The molecule has 118 valence electrons. The zero-order valence-electron chi connectivity index (χ0n) is 13.1. The Labute approximate surface area is 141 Å². The van der Waals surface area contributed by atoms with E-state index in [1.54, 1.807) is 0 Å². The van der Waals surface area contributed by atoms with Gasteiger partial charge in [-0.1, -0.05) is 65.3 Å². The van der Waals surface area contributed by atoms with Gasteiger partial charge in [0.1, 0.15) is 0 Å². The van der Waals surface area contributed by atoms with Crippen molar-refractivity contribution in [1.82, 2.24) is 0 Å². The van der Waals surface area contributed by atoms with Gasteiger partial charge in [0, 0.05) is 10.4 Å². The second-order valence-corrected chi connectivity index (χ2v) is 13.2. The molecule has 1 aliphatic rings. The Bertz CT molecular complexity index is 542. The Morgan fingerprint density at radius 1 is 1.29 bits per heavy atom. The number of rotatable bonds is 4. The van der Waals surface area contributed by atoms with E-state index < -0.39 is 6.49 Å². The quantitative estimate of drug-likeness (QED) is 0.579. The van der Waals surface area contributed by atoms with Crippen LogP contribution in [0, 0.1) is 6.92 Å². The predicted octanol–water partition coefficient (Wildman–Crippen LogP) is 5.31. The summed E-state index contributed by atoms with van der Waals surface area (Å²) >= 11 is 5.36. The van der Waals surface area contributed by atoms with Gasteiger partial charge in [0.05, 0.1) is 11.4 Å². The first-order valence-electron chi connectivity index (χ1n) is 7.05. The fraction of sp³-hybridized carbons (Fsp3) is 0.600. The van der Waals surface area contributed by atoms with E-state index in [1.165, 1.54) is 11.1 Å². The highest BCUT2D eigenvalue weighted by atomic mass is 33.1. The summed E-state index contributed by atoms with van der Waals surface area (Å²) < 4.78 is 6.05. The minimum absolute atomic E-state index is 0.0161. The SMILES string of the molecule is Cc1ccc([C@H]2SSC(C)(C)[C@H]2OP(O)(=S)C(C)C)cc1. The standard InChI is InChI=1S/C15H23O2PS3/c1-10(2)18(16,19)17-14-13(20-21-15(14,4)5)12-8-6-11(3)7-9-12/h6-10,13-14H,1-5H3,(H,16,19)/t13-,14+,18?/m1/s1. The third-order valence-electron chi connectivity index (χ3n) is 3.65. The Hall–Kier alpha value is 0.490. The predicted molar refractivity (Wildman–Crippen MR) is 99.7 cm³/mol. The van der Waals surface area contributed by atoms with Crippen LogP contribution in [0.3, 0.4) is 0 Å². The lowest BCUT2D eigenvalue weighted by atomic mass is 9.97. The van der Waals surface area contributed by atoms with E-state index >= 15 is 0 Å². The molecule has 21 heavy (non-hydrogen) atoms. The molecule has 1 aromatic rings. The van der Waals surface area contributed by atoms with Crippen LogP contribution in [0.1, 0.15) is 44.1 Å². The summed E-state index contributed by atoms with van der Waals surface area (Å²) in [4.78, 5) is 10.5. The number of hydrogen-bond acceptors (Lipinski definition) is 4. The topological polar surface area (TPSA) is 29.5 Å². The van der Waals surface area contributed by atoms with Gasteiger partial charge in [0.2, 0.25) is 0 Å². The first-order chi connectivity index (χ1) is 9.63. The van der Waals surface area contributed by atoms with E-state index in [0.717, 1.165) is 0 Å². The van der Waals surface area contributed by atoms with Gasteiger partial charge in [-0.05, 0) is 38.1 Å². The second-order valence-electron chi connectivity index (χ2n) is 6.30. The molecule has 1 saturated heterocycles. The van der Waals surface area contributed by atoms with Crippen molar-refractivity contribution in [2.24, 2.45) is 0 Å². The molecule has 2 rings (SSSR count). The summed E-state index contributed by atoms with van der Waals surface area (Å²) in [6.07, 6.45) is -0.0755. The molecule has 1 aliphatic heterocycles. The maximum atomic E-state index is 10.5. The molecule has 0 bridgehead atoms. The number of hydrogen-bond donors (Lipinski definition) is 1. The average Bonchev–Trinajstić information content (AvgIpc) is 2.66. The summed E-state index contributed by atoms with van der Waals surface area (Å²) in [7, 11) is 3.64. The largest absolute Gasteiger partial charge is 0.345 e. The van der Waals surface area contributed by atoms with Crippen LogP contribution >= 0.6 is 28.1 Å². The third-order valence-corrected chi connectivity index (χ3v) is 10.7. The van der Waals surface area contributed by atoms with E-state index in [0.29, 0.717) is 0 Å². The van der Waals surface area contributed by atoms with Crippen molar-refractivity contribution >= 4 is 39.9 Å². The molecule has 0 amide bonds. The van der Waals surface area contributed by atoms with E-state index in [9.17, 15) is 4.89 Å². The lowest BCUT2D eigenvalue weighted by Crippen LogP contribution is -2.34. The molecule has 1 heterocycles. The smallest absolute Gasteiger partial charge is 0.189 e. The van der Waals surface area contributed by atoms with Crippen LogP contribution in [0.4, 0.5) is 0 Å². The minimum atomic E-state index is -2.75. The van der Waals surface area contributed by atoms with Crippen molar-refractivity contribution in [3.05, 3.63) is 35.4 Å². The maximum absolute atomic E-state index is 10.5. The van der Waals surface area contributed by atoms with Crippen LogP contribution in [0.2, 0.25) is 0 Å². The van der Waals surface area contributed by atoms with Crippen LogP contribution in [-0.2, 0) is 16.3 Å². The van der Waals surface area contributed by atoms with E-state index in [4.69, 9.17) is 16.3 Å². The average molecular weight is 363 g/mol. The fourth-order valence-electron chi connectivity index (χ4n) is 2.09. The molecule has 1 aromatic carbocycles. The van der Waals surface area contributed by atoms with Gasteiger partial charge in [0.15, 0.2) is 6.49 Å². The minimum Gasteiger partial charge on any atom is -0.345 e. The highest BCUT2D eigenvalue weighted by molar-refractivity contribution is 8.77. The normalized spacial score (nSPS) is 27.8. The first-order valence-corrected chi connectivity index (χ1v) is 12.0. The molecule has 0 aliphatic carbocycles. The summed E-state index contributed by atoms with van der Waals surface area (Å²) in [6, 6.07) is 8.56. The molecule has 1 N–H and O–H groups in total. The van der Waals surface area contributed by atoms with Crippen molar-refractivity contribution in [1.29, 1.82) is 0 Å². The van der Waals surface area contributed by atoms with Gasteiger partial charge in [-0.2, -0.15) is 0 Å². The lowest BCUT2D eigenvalue weighted by Gasteiger charge is -2.33. The molecule has 0 saturated carbocycles. The van der Waals surface area contributed by atoms with Crippen LogP contribution in [0.25, 0.3) is 0 Å². The Morgan fingerprint density at radius 2 is 1.86 bits per heavy atom. The van der Waals surface area contributed by atoms with Crippen molar-refractivity contribution in [3.8, 4) is 0 Å². The van der Waals surface area contributed by atoms with Crippen LogP contribution in [0.15, 0.2) is 24.3 Å². The Morgan fingerprint density at radius 3 is 2.38 bits per heavy atom. The zero-order valence-corrected chi connectivity index (χ0v) is 16.4. The van der Waals surface area contributed by atoms with Gasteiger partial charge in [-0.3, -0.25) is 0 Å². The Kier molecular flexibility index (Phi) is 5.56. The molecule has 6 heteroatoms. The van der Waals surface area contributed by atoms with E-state index in [-0.39, 0.29) is 21.8 Å². The van der Waals surface area contributed by atoms with Gasteiger partial charge in [-0.25, -0.2) is 0 Å². The fourth-order valence-corrected chi connectivity index (χ4v) is 6.93. The summed E-state index contributed by atoms with van der Waals surface area (Å²) in [5.74, 6) is 0. The van der Waals surface area contributed by atoms with Gasteiger partial charge in [0.25, 0.3) is 0 Å². The molecule has 0 aromatic heterocycles. The zero-order chi connectivity index (χ0) is 15.8. The molecule has 1 fully saturated rings. The number of benzene rings is 1. The van der Waals surface area contributed by atoms with Gasteiger partial charge >= 0.3 is 0 Å². The highest BCUT2D eigenvalue weighted by Gasteiger charge is 2.47. The summed E-state index contributed by atoms with van der Waals surface area (Å²) in [6.45, 7) is 7.53.